The van der Waals surface area contributed by atoms with E-state index in [0.29, 0.717) is 6.04 Å². The summed E-state index contributed by atoms with van der Waals surface area (Å²) in [5, 5.41) is 3.13. The van der Waals surface area contributed by atoms with Crippen molar-refractivity contribution in [1.82, 2.24) is 14.5 Å². The van der Waals surface area contributed by atoms with Crippen LogP contribution in [0.2, 0.25) is 0 Å². The first-order chi connectivity index (χ1) is 12.6. The van der Waals surface area contributed by atoms with Gasteiger partial charge in [-0.05, 0) is 64.8 Å². The van der Waals surface area contributed by atoms with Gasteiger partial charge < -0.3 is 14.8 Å². The molecule has 0 radical (unpaired) electrons. The molecule has 5 heteroatoms. The van der Waals surface area contributed by atoms with E-state index >= 15 is 0 Å². The van der Waals surface area contributed by atoms with Gasteiger partial charge >= 0.3 is 0 Å². The highest BCUT2D eigenvalue weighted by molar-refractivity contribution is 5.93. The van der Waals surface area contributed by atoms with Crippen LogP contribution in [0.4, 0.5) is 5.69 Å². The molecule has 4 rings (SSSR count). The zero-order valence-electron chi connectivity index (χ0n) is 15.7. The number of imidazole rings is 1. The fourth-order valence-corrected chi connectivity index (χ4v) is 4.31. The Kier molecular flexibility index (Phi) is 4.81. The summed E-state index contributed by atoms with van der Waals surface area (Å²) >= 11 is 0. The van der Waals surface area contributed by atoms with E-state index < -0.39 is 0 Å². The quantitative estimate of drug-likeness (QED) is 0.915. The second-order valence-electron chi connectivity index (χ2n) is 7.88. The van der Waals surface area contributed by atoms with Gasteiger partial charge in [-0.25, -0.2) is 4.98 Å². The van der Waals surface area contributed by atoms with Gasteiger partial charge in [-0.2, -0.15) is 0 Å². The molecule has 26 heavy (non-hydrogen) atoms. The third-order valence-electron chi connectivity index (χ3n) is 5.90. The third kappa shape index (κ3) is 3.40. The highest BCUT2D eigenvalue weighted by atomic mass is 16.1. The number of rotatable bonds is 4. The lowest BCUT2D eigenvalue weighted by molar-refractivity contribution is -0.119. The van der Waals surface area contributed by atoms with Gasteiger partial charge in [0.2, 0.25) is 5.91 Å². The Morgan fingerprint density at radius 3 is 2.96 bits per heavy atom. The SMILES string of the molecule is CN(C)[C@@H]1CC[C@H](C(=O)Nc2cccc(-c3ncc4n3CCCC4)c2)C1. The van der Waals surface area contributed by atoms with Crippen molar-refractivity contribution in [3.63, 3.8) is 0 Å². The van der Waals surface area contributed by atoms with Crippen LogP contribution in [0.5, 0.6) is 0 Å². The van der Waals surface area contributed by atoms with Crippen molar-refractivity contribution in [2.45, 2.75) is 51.1 Å². The molecule has 2 aliphatic rings. The molecule has 0 saturated heterocycles. The number of nitrogens with one attached hydrogen (secondary N) is 1. The zero-order valence-corrected chi connectivity index (χ0v) is 15.7. The molecule has 1 fully saturated rings. The van der Waals surface area contributed by atoms with E-state index in [9.17, 15) is 4.79 Å². The maximum atomic E-state index is 12.7. The zero-order chi connectivity index (χ0) is 18.1. The van der Waals surface area contributed by atoms with Crippen LogP contribution in [0.1, 0.15) is 37.8 Å². The molecule has 1 N–H and O–H groups in total. The van der Waals surface area contributed by atoms with Gasteiger partial charge in [0.05, 0.1) is 0 Å². The minimum absolute atomic E-state index is 0.116. The minimum Gasteiger partial charge on any atom is -0.328 e. The maximum Gasteiger partial charge on any atom is 0.227 e. The topological polar surface area (TPSA) is 50.2 Å². The third-order valence-corrected chi connectivity index (χ3v) is 5.90. The molecule has 1 aromatic carbocycles. The van der Waals surface area contributed by atoms with E-state index in [0.717, 1.165) is 49.3 Å². The molecular formula is C21H28N4O. The van der Waals surface area contributed by atoms with Crippen LogP contribution in [-0.4, -0.2) is 40.5 Å². The highest BCUT2D eigenvalue weighted by Crippen LogP contribution is 2.30. The molecule has 0 spiro atoms. The van der Waals surface area contributed by atoms with Crippen molar-refractivity contribution in [2.24, 2.45) is 5.92 Å². The number of anilines is 1. The second kappa shape index (κ2) is 7.23. The van der Waals surface area contributed by atoms with Crippen molar-refractivity contribution in [3.05, 3.63) is 36.2 Å². The van der Waals surface area contributed by atoms with Crippen molar-refractivity contribution >= 4 is 11.6 Å². The van der Waals surface area contributed by atoms with E-state index in [2.05, 4.69) is 46.0 Å². The Labute approximate surface area is 155 Å². The molecule has 138 valence electrons. The smallest absolute Gasteiger partial charge is 0.227 e. The number of hydrogen-bond acceptors (Lipinski definition) is 3. The van der Waals surface area contributed by atoms with Crippen LogP contribution in [0.15, 0.2) is 30.5 Å². The Morgan fingerprint density at radius 1 is 1.27 bits per heavy atom. The van der Waals surface area contributed by atoms with Crippen molar-refractivity contribution in [1.29, 1.82) is 0 Å². The average Bonchev–Trinajstić information content (AvgIpc) is 3.29. The summed E-state index contributed by atoms with van der Waals surface area (Å²) in [6, 6.07) is 8.64. The second-order valence-corrected chi connectivity index (χ2v) is 7.88. The van der Waals surface area contributed by atoms with Gasteiger partial charge in [0.1, 0.15) is 5.82 Å². The van der Waals surface area contributed by atoms with Gasteiger partial charge in [-0.3, -0.25) is 4.79 Å². The van der Waals surface area contributed by atoms with Gasteiger partial charge in [-0.1, -0.05) is 12.1 Å². The predicted molar refractivity (Wildman–Crippen MR) is 104 cm³/mol. The number of benzene rings is 1. The number of hydrogen-bond donors (Lipinski definition) is 1. The molecule has 1 saturated carbocycles. The van der Waals surface area contributed by atoms with Crippen molar-refractivity contribution in [3.8, 4) is 11.4 Å². The molecule has 1 aliphatic carbocycles. The Hall–Kier alpha value is -2.14. The molecular weight excluding hydrogens is 324 g/mol. The monoisotopic (exact) mass is 352 g/mol. The van der Waals surface area contributed by atoms with E-state index in [1.165, 1.54) is 18.5 Å². The fourth-order valence-electron chi connectivity index (χ4n) is 4.31. The summed E-state index contributed by atoms with van der Waals surface area (Å²) < 4.78 is 2.32. The van der Waals surface area contributed by atoms with Gasteiger partial charge in [0, 0.05) is 41.6 Å². The largest absolute Gasteiger partial charge is 0.328 e. The summed E-state index contributed by atoms with van der Waals surface area (Å²) in [6.07, 6.45) is 8.59. The molecule has 0 bridgehead atoms. The van der Waals surface area contributed by atoms with E-state index in [4.69, 9.17) is 0 Å². The van der Waals surface area contributed by atoms with Crippen molar-refractivity contribution in [2.75, 3.05) is 19.4 Å². The van der Waals surface area contributed by atoms with E-state index in [1.54, 1.807) is 0 Å². The first-order valence-electron chi connectivity index (χ1n) is 9.74. The molecule has 2 atom stereocenters. The predicted octanol–water partition coefficient (Wildman–Crippen LogP) is 3.56. The summed E-state index contributed by atoms with van der Waals surface area (Å²) in [4.78, 5) is 19.5. The Bertz CT molecular complexity index is 795. The lowest BCUT2D eigenvalue weighted by Gasteiger charge is -2.19. The lowest BCUT2D eigenvalue weighted by atomic mass is 10.1. The average molecular weight is 352 g/mol. The maximum absolute atomic E-state index is 12.7. The number of amides is 1. The normalized spacial score (nSPS) is 22.4. The summed E-state index contributed by atoms with van der Waals surface area (Å²) in [6.45, 7) is 1.04. The van der Waals surface area contributed by atoms with Crippen LogP contribution < -0.4 is 5.32 Å². The molecule has 1 aromatic heterocycles. The van der Waals surface area contributed by atoms with Crippen molar-refractivity contribution < 1.29 is 4.79 Å². The van der Waals surface area contributed by atoms with E-state index in [1.807, 2.05) is 18.3 Å². The fraction of sp³-hybridized carbons (Fsp3) is 0.524. The summed E-state index contributed by atoms with van der Waals surface area (Å²) in [5.41, 5.74) is 3.27. The first kappa shape index (κ1) is 17.3. The van der Waals surface area contributed by atoms with Gasteiger partial charge in [0.15, 0.2) is 0 Å². The van der Waals surface area contributed by atoms with Gasteiger partial charge in [-0.15, -0.1) is 0 Å². The lowest BCUT2D eigenvalue weighted by Crippen LogP contribution is -2.27. The molecule has 1 amide bonds. The summed E-state index contributed by atoms with van der Waals surface area (Å²) in [5.74, 6) is 1.28. The van der Waals surface area contributed by atoms with Crippen LogP contribution >= 0.6 is 0 Å². The molecule has 2 heterocycles. The molecule has 2 aromatic rings. The first-order valence-corrected chi connectivity index (χ1v) is 9.74. The number of fused-ring (bicyclic) bond motifs is 1. The minimum atomic E-state index is 0.116. The molecule has 5 nitrogen and oxygen atoms in total. The van der Waals surface area contributed by atoms with Crippen LogP contribution in [0.3, 0.4) is 0 Å². The number of carbonyl (C=O) groups is 1. The van der Waals surface area contributed by atoms with E-state index in [-0.39, 0.29) is 11.8 Å². The Morgan fingerprint density at radius 2 is 2.15 bits per heavy atom. The Balaban J connectivity index is 1.48. The number of aromatic nitrogens is 2. The molecule has 1 aliphatic heterocycles. The standard InChI is InChI=1S/C21H28N4O/c1-24(2)18-10-9-16(13-18)21(26)23-17-7-5-6-15(12-17)20-22-14-19-8-3-4-11-25(19)20/h5-7,12,14,16,18H,3-4,8-11,13H2,1-2H3,(H,23,26)/t16-,18+/m0/s1. The van der Waals surface area contributed by atoms with Gasteiger partial charge in [0.25, 0.3) is 0 Å². The van der Waals surface area contributed by atoms with Crippen LogP contribution in [-0.2, 0) is 17.8 Å². The number of aryl methyl sites for hydroxylation is 1. The highest BCUT2D eigenvalue weighted by Gasteiger charge is 2.31. The summed E-state index contributed by atoms with van der Waals surface area (Å²) in [7, 11) is 4.19. The van der Waals surface area contributed by atoms with Crippen LogP contribution in [0, 0.1) is 5.92 Å². The van der Waals surface area contributed by atoms with Crippen LogP contribution in [0.25, 0.3) is 11.4 Å². The number of nitrogens with zero attached hydrogens (tertiary/aromatic N) is 3. The molecule has 0 unspecified atom stereocenters. The number of carbonyl (C=O) groups excluding carboxylic acids is 1.